The Bertz CT molecular complexity index is 548. The van der Waals surface area contributed by atoms with E-state index in [9.17, 15) is 0 Å². The van der Waals surface area contributed by atoms with Gasteiger partial charge in [-0.1, -0.05) is 36.2 Å². The first-order chi connectivity index (χ1) is 9.63. The van der Waals surface area contributed by atoms with Gasteiger partial charge in [0.05, 0.1) is 0 Å². The van der Waals surface area contributed by atoms with E-state index in [4.69, 9.17) is 23.2 Å². The molecule has 0 aliphatic heterocycles. The molecule has 0 radical (unpaired) electrons. The predicted molar refractivity (Wildman–Crippen MR) is 82.2 cm³/mol. The molecule has 1 N–H and O–H groups in total. The van der Waals surface area contributed by atoms with Crippen LogP contribution in [0.3, 0.4) is 0 Å². The number of nitrogens with zero attached hydrogens (tertiary/aromatic N) is 3. The van der Waals surface area contributed by atoms with Crippen LogP contribution in [0.15, 0.2) is 24.5 Å². The molecule has 0 bridgehead atoms. The first kappa shape index (κ1) is 15.3. The van der Waals surface area contributed by atoms with Gasteiger partial charge in [0.15, 0.2) is 0 Å². The first-order valence-electron chi connectivity index (χ1n) is 6.63. The summed E-state index contributed by atoms with van der Waals surface area (Å²) in [6.45, 7) is 3.02. The summed E-state index contributed by atoms with van der Waals surface area (Å²) in [5.41, 5.74) is 0.923. The van der Waals surface area contributed by atoms with Gasteiger partial charge >= 0.3 is 0 Å². The Balaban J connectivity index is 2.30. The summed E-state index contributed by atoms with van der Waals surface area (Å²) in [4.78, 5) is 4.27. The van der Waals surface area contributed by atoms with Crippen LogP contribution in [0.5, 0.6) is 0 Å². The van der Waals surface area contributed by atoms with Crippen LogP contribution in [-0.2, 0) is 13.5 Å². The predicted octanol–water partition coefficient (Wildman–Crippen LogP) is 3.41. The summed E-state index contributed by atoms with van der Waals surface area (Å²) in [7, 11) is 1.88. The minimum absolute atomic E-state index is 0.0269. The highest BCUT2D eigenvalue weighted by molar-refractivity contribution is 6.36. The molecule has 0 aliphatic rings. The smallest absolute Gasteiger partial charge is 0.138 e. The van der Waals surface area contributed by atoms with Gasteiger partial charge in [0.2, 0.25) is 0 Å². The Morgan fingerprint density at radius 3 is 2.55 bits per heavy atom. The summed E-state index contributed by atoms with van der Waals surface area (Å²) in [5, 5.41) is 8.93. The molecule has 0 saturated carbocycles. The molecule has 2 aromatic rings. The third kappa shape index (κ3) is 3.51. The SMILES string of the molecule is CCCNC(Cc1ncnn1C)c1c(Cl)cccc1Cl. The Labute approximate surface area is 129 Å². The van der Waals surface area contributed by atoms with Crippen LogP contribution in [0.4, 0.5) is 0 Å². The second kappa shape index (κ2) is 7.07. The summed E-state index contributed by atoms with van der Waals surface area (Å²) in [5.74, 6) is 0.898. The number of aryl methyl sites for hydroxylation is 1. The number of hydrogen-bond acceptors (Lipinski definition) is 3. The number of halogens is 2. The van der Waals surface area contributed by atoms with Gasteiger partial charge in [-0.15, -0.1) is 0 Å². The molecule has 6 heteroatoms. The van der Waals surface area contributed by atoms with Crippen LogP contribution >= 0.6 is 23.2 Å². The van der Waals surface area contributed by atoms with Crippen LogP contribution in [0.25, 0.3) is 0 Å². The molecule has 1 aromatic carbocycles. The van der Waals surface area contributed by atoms with Crippen LogP contribution in [0, 0.1) is 0 Å². The van der Waals surface area contributed by atoms with E-state index in [1.165, 1.54) is 0 Å². The number of nitrogens with one attached hydrogen (secondary N) is 1. The van der Waals surface area contributed by atoms with E-state index in [1.54, 1.807) is 11.0 Å². The summed E-state index contributed by atoms with van der Waals surface area (Å²) >= 11 is 12.6. The van der Waals surface area contributed by atoms with Crippen molar-refractivity contribution in [2.75, 3.05) is 6.54 Å². The fraction of sp³-hybridized carbons (Fsp3) is 0.429. The fourth-order valence-electron chi connectivity index (χ4n) is 2.13. The fourth-order valence-corrected chi connectivity index (χ4v) is 2.79. The molecule has 108 valence electrons. The monoisotopic (exact) mass is 312 g/mol. The lowest BCUT2D eigenvalue weighted by Gasteiger charge is -2.21. The van der Waals surface area contributed by atoms with Gasteiger partial charge in [0.25, 0.3) is 0 Å². The zero-order valence-electron chi connectivity index (χ0n) is 11.6. The highest BCUT2D eigenvalue weighted by Crippen LogP contribution is 2.31. The van der Waals surface area contributed by atoms with Crippen molar-refractivity contribution in [1.29, 1.82) is 0 Å². The normalized spacial score (nSPS) is 12.6. The van der Waals surface area contributed by atoms with Gasteiger partial charge in [0, 0.05) is 35.1 Å². The molecule has 1 unspecified atom stereocenters. The van der Waals surface area contributed by atoms with E-state index in [1.807, 2.05) is 25.2 Å². The van der Waals surface area contributed by atoms with Crippen LogP contribution in [-0.4, -0.2) is 21.3 Å². The van der Waals surface area contributed by atoms with Crippen molar-refractivity contribution in [1.82, 2.24) is 20.1 Å². The van der Waals surface area contributed by atoms with Crippen LogP contribution < -0.4 is 5.32 Å². The van der Waals surface area contributed by atoms with Crippen molar-refractivity contribution in [3.8, 4) is 0 Å². The maximum absolute atomic E-state index is 6.32. The molecule has 0 spiro atoms. The van der Waals surface area contributed by atoms with E-state index >= 15 is 0 Å². The van der Waals surface area contributed by atoms with E-state index in [2.05, 4.69) is 22.3 Å². The maximum atomic E-state index is 6.32. The molecule has 4 nitrogen and oxygen atoms in total. The molecule has 0 aliphatic carbocycles. The Kier molecular flexibility index (Phi) is 5.40. The Morgan fingerprint density at radius 1 is 1.30 bits per heavy atom. The van der Waals surface area contributed by atoms with Gasteiger partial charge in [-0.25, -0.2) is 4.98 Å². The van der Waals surface area contributed by atoms with Crippen LogP contribution in [0.1, 0.15) is 30.8 Å². The van der Waals surface area contributed by atoms with Gasteiger partial charge in [0.1, 0.15) is 12.2 Å². The van der Waals surface area contributed by atoms with Gasteiger partial charge in [-0.3, -0.25) is 4.68 Å². The molecule has 1 atom stereocenters. The van der Waals surface area contributed by atoms with E-state index in [0.29, 0.717) is 16.5 Å². The number of hydrogen-bond donors (Lipinski definition) is 1. The van der Waals surface area contributed by atoms with Crippen LogP contribution in [0.2, 0.25) is 10.0 Å². The molecule has 20 heavy (non-hydrogen) atoms. The summed E-state index contributed by atoms with van der Waals surface area (Å²) < 4.78 is 1.77. The molecule has 2 rings (SSSR count). The Morgan fingerprint density at radius 2 is 2.00 bits per heavy atom. The average Bonchev–Trinajstić information content (AvgIpc) is 2.81. The van der Waals surface area contributed by atoms with Crippen molar-refractivity contribution < 1.29 is 0 Å². The first-order valence-corrected chi connectivity index (χ1v) is 7.39. The zero-order valence-corrected chi connectivity index (χ0v) is 13.1. The number of aromatic nitrogens is 3. The van der Waals surface area contributed by atoms with Gasteiger partial charge in [-0.05, 0) is 25.1 Å². The minimum atomic E-state index is 0.0269. The zero-order chi connectivity index (χ0) is 14.5. The molecular weight excluding hydrogens is 295 g/mol. The Hall–Kier alpha value is -1.10. The standard InChI is InChI=1S/C14H18Cl2N4/c1-3-7-17-12(8-13-18-9-19-20(13)2)14-10(15)5-4-6-11(14)16/h4-6,9,12,17H,3,7-8H2,1-2H3. The van der Waals surface area contributed by atoms with Gasteiger partial charge < -0.3 is 5.32 Å². The topological polar surface area (TPSA) is 42.7 Å². The number of benzene rings is 1. The third-order valence-corrected chi connectivity index (χ3v) is 3.84. The third-order valence-electron chi connectivity index (χ3n) is 3.18. The molecule has 0 fully saturated rings. The van der Waals surface area contributed by atoms with E-state index in [0.717, 1.165) is 24.4 Å². The minimum Gasteiger partial charge on any atom is -0.309 e. The second-order valence-electron chi connectivity index (χ2n) is 4.65. The molecular formula is C14H18Cl2N4. The van der Waals surface area contributed by atoms with Crippen molar-refractivity contribution in [2.45, 2.75) is 25.8 Å². The molecule has 1 heterocycles. The van der Waals surface area contributed by atoms with Crippen molar-refractivity contribution in [3.05, 3.63) is 46.0 Å². The van der Waals surface area contributed by atoms with Gasteiger partial charge in [-0.2, -0.15) is 5.10 Å². The summed E-state index contributed by atoms with van der Waals surface area (Å²) in [6, 6.07) is 5.60. The highest BCUT2D eigenvalue weighted by Gasteiger charge is 2.19. The average molecular weight is 313 g/mol. The van der Waals surface area contributed by atoms with E-state index < -0.39 is 0 Å². The highest BCUT2D eigenvalue weighted by atomic mass is 35.5. The van der Waals surface area contributed by atoms with Crippen molar-refractivity contribution >= 4 is 23.2 Å². The molecule has 1 aromatic heterocycles. The molecule has 0 amide bonds. The second-order valence-corrected chi connectivity index (χ2v) is 5.46. The number of rotatable bonds is 6. The largest absolute Gasteiger partial charge is 0.309 e. The lowest BCUT2D eigenvalue weighted by Crippen LogP contribution is -2.26. The van der Waals surface area contributed by atoms with E-state index in [-0.39, 0.29) is 6.04 Å². The lowest BCUT2D eigenvalue weighted by atomic mass is 10.0. The van der Waals surface area contributed by atoms with Crippen molar-refractivity contribution in [3.63, 3.8) is 0 Å². The lowest BCUT2D eigenvalue weighted by molar-refractivity contribution is 0.507. The van der Waals surface area contributed by atoms with Crippen molar-refractivity contribution in [2.24, 2.45) is 7.05 Å². The quantitative estimate of drug-likeness (QED) is 0.889. The molecule has 0 saturated heterocycles. The summed E-state index contributed by atoms with van der Waals surface area (Å²) in [6.07, 6.45) is 3.29. The maximum Gasteiger partial charge on any atom is 0.138 e.